The number of hydrogen-bond acceptors (Lipinski definition) is 4. The van der Waals surface area contributed by atoms with Gasteiger partial charge >= 0.3 is 11.6 Å². The second kappa shape index (κ2) is 5.72. The van der Waals surface area contributed by atoms with E-state index in [1.54, 1.807) is 25.1 Å². The number of aromatic nitrogens is 3. The van der Waals surface area contributed by atoms with E-state index in [-0.39, 0.29) is 5.39 Å². The fraction of sp³-hybridized carbons (Fsp3) is 0.250. The highest BCUT2D eigenvalue weighted by Gasteiger charge is 2.09. The second-order valence-electron chi connectivity index (χ2n) is 3.99. The zero-order valence-corrected chi connectivity index (χ0v) is 10.4. The van der Waals surface area contributed by atoms with Gasteiger partial charge in [-0.2, -0.15) is 8.78 Å². The lowest BCUT2D eigenvalue weighted by Crippen LogP contribution is -2.31. The number of halogens is 3. The first kappa shape index (κ1) is 14.0. The minimum absolute atomic E-state index is 0.285. The van der Waals surface area contributed by atoms with Crippen molar-refractivity contribution in [2.75, 3.05) is 6.61 Å². The number of fused-ring (bicyclic) bond motifs is 1. The van der Waals surface area contributed by atoms with Gasteiger partial charge in [0, 0.05) is 6.42 Å². The van der Waals surface area contributed by atoms with E-state index in [4.69, 9.17) is 4.84 Å². The largest absolute Gasteiger partial charge is 0.392 e. The van der Waals surface area contributed by atoms with Gasteiger partial charge in [0.15, 0.2) is 5.83 Å². The van der Waals surface area contributed by atoms with E-state index >= 15 is 0 Å². The first-order valence-corrected chi connectivity index (χ1v) is 5.69. The van der Waals surface area contributed by atoms with Crippen LogP contribution in [-0.2, 0) is 0 Å². The van der Waals surface area contributed by atoms with Crippen molar-refractivity contribution in [3.05, 3.63) is 46.0 Å². The third kappa shape index (κ3) is 2.79. The maximum Gasteiger partial charge on any atom is 0.314 e. The van der Waals surface area contributed by atoms with E-state index < -0.39 is 30.5 Å². The van der Waals surface area contributed by atoms with Gasteiger partial charge in [-0.15, -0.1) is 5.10 Å². The van der Waals surface area contributed by atoms with Crippen molar-refractivity contribution in [3.8, 4) is 0 Å². The van der Waals surface area contributed by atoms with E-state index in [0.29, 0.717) is 10.4 Å². The zero-order valence-electron chi connectivity index (χ0n) is 10.4. The average molecular weight is 285 g/mol. The van der Waals surface area contributed by atoms with Gasteiger partial charge in [-0.3, -0.25) is 4.79 Å². The Morgan fingerprint density at radius 3 is 2.80 bits per heavy atom. The Morgan fingerprint density at radius 2 is 2.10 bits per heavy atom. The first-order valence-electron chi connectivity index (χ1n) is 5.69. The summed E-state index contributed by atoms with van der Waals surface area (Å²) in [5, 5.41) is 7.61. The molecule has 20 heavy (non-hydrogen) atoms. The Balaban J connectivity index is 2.22. The van der Waals surface area contributed by atoms with Crippen LogP contribution in [0.1, 0.15) is 12.0 Å². The van der Waals surface area contributed by atoms with Crippen LogP contribution >= 0.6 is 0 Å². The predicted molar refractivity (Wildman–Crippen MR) is 64.9 cm³/mol. The molecular weight excluding hydrogens is 275 g/mol. The van der Waals surface area contributed by atoms with Crippen LogP contribution in [0.5, 0.6) is 0 Å². The molecule has 5 nitrogen and oxygen atoms in total. The molecule has 8 heteroatoms. The number of hydrogen-bond donors (Lipinski definition) is 0. The minimum Gasteiger partial charge on any atom is -0.392 e. The molecule has 0 aliphatic rings. The third-order valence-corrected chi connectivity index (χ3v) is 2.61. The molecular formula is C12H10F3N3O2. The van der Waals surface area contributed by atoms with Gasteiger partial charge in [0.2, 0.25) is 0 Å². The SMILES string of the molecule is Cc1cccc2c(=O)n(OCCC(F)=C(F)F)nnc12. The molecule has 0 saturated heterocycles. The molecule has 0 saturated carbocycles. The normalized spacial score (nSPS) is 10.6. The lowest BCUT2D eigenvalue weighted by Gasteiger charge is -2.06. The van der Waals surface area contributed by atoms with E-state index in [1.807, 2.05) is 0 Å². The highest BCUT2D eigenvalue weighted by Crippen LogP contribution is 2.12. The molecule has 106 valence electrons. The van der Waals surface area contributed by atoms with Crippen LogP contribution < -0.4 is 10.4 Å². The Hall–Kier alpha value is -2.38. The molecule has 0 aliphatic heterocycles. The van der Waals surface area contributed by atoms with Crippen LogP contribution in [0.3, 0.4) is 0 Å². The van der Waals surface area contributed by atoms with Crippen LogP contribution in [0.4, 0.5) is 13.2 Å². The lowest BCUT2D eigenvalue weighted by molar-refractivity contribution is 0.0659. The molecule has 1 aromatic carbocycles. The first-order chi connectivity index (χ1) is 9.50. The van der Waals surface area contributed by atoms with E-state index in [9.17, 15) is 18.0 Å². The van der Waals surface area contributed by atoms with Crippen LogP contribution in [0.15, 0.2) is 34.9 Å². The molecule has 0 N–H and O–H groups in total. The van der Waals surface area contributed by atoms with Gasteiger partial charge in [0.05, 0.1) is 5.39 Å². The summed E-state index contributed by atoms with van der Waals surface area (Å²) in [5.74, 6) is -1.58. The lowest BCUT2D eigenvalue weighted by atomic mass is 10.2. The minimum atomic E-state index is -2.40. The molecule has 0 amide bonds. The summed E-state index contributed by atoms with van der Waals surface area (Å²) >= 11 is 0. The fourth-order valence-corrected chi connectivity index (χ4v) is 1.59. The average Bonchev–Trinajstić information content (AvgIpc) is 2.42. The van der Waals surface area contributed by atoms with Crippen LogP contribution in [0, 0.1) is 6.92 Å². The maximum atomic E-state index is 12.6. The third-order valence-electron chi connectivity index (χ3n) is 2.61. The maximum absolute atomic E-state index is 12.6. The van der Waals surface area contributed by atoms with E-state index in [1.165, 1.54) is 0 Å². The van der Waals surface area contributed by atoms with Crippen molar-refractivity contribution in [1.29, 1.82) is 0 Å². The van der Waals surface area contributed by atoms with Gasteiger partial charge in [0.25, 0.3) is 0 Å². The Morgan fingerprint density at radius 1 is 1.35 bits per heavy atom. The Kier molecular flexibility index (Phi) is 4.02. The summed E-state index contributed by atoms with van der Waals surface area (Å²) in [6, 6.07) is 4.98. The molecule has 0 aliphatic carbocycles. The number of aryl methyl sites for hydroxylation is 1. The number of benzene rings is 1. The molecule has 2 aromatic rings. The summed E-state index contributed by atoms with van der Waals surface area (Å²) in [4.78, 5) is 17.4. The number of rotatable bonds is 4. The molecule has 0 unspecified atom stereocenters. The molecule has 0 bridgehead atoms. The molecule has 2 rings (SSSR count). The highest BCUT2D eigenvalue weighted by atomic mass is 19.3. The highest BCUT2D eigenvalue weighted by molar-refractivity contribution is 5.79. The van der Waals surface area contributed by atoms with Gasteiger partial charge in [0.1, 0.15) is 12.1 Å². The van der Waals surface area contributed by atoms with Crippen molar-refractivity contribution < 1.29 is 18.0 Å². The topological polar surface area (TPSA) is 57.0 Å². The zero-order chi connectivity index (χ0) is 14.7. The van der Waals surface area contributed by atoms with Gasteiger partial charge in [-0.05, 0) is 28.6 Å². The van der Waals surface area contributed by atoms with Crippen LogP contribution in [-0.4, -0.2) is 21.8 Å². The summed E-state index contributed by atoms with van der Waals surface area (Å²) in [7, 11) is 0. The Bertz CT molecular complexity index is 723. The van der Waals surface area contributed by atoms with Gasteiger partial charge in [-0.1, -0.05) is 12.1 Å². The monoisotopic (exact) mass is 285 g/mol. The molecule has 1 heterocycles. The fourth-order valence-electron chi connectivity index (χ4n) is 1.59. The molecule has 0 fully saturated rings. The molecule has 0 atom stereocenters. The summed E-state index contributed by atoms with van der Waals surface area (Å²) in [5.41, 5.74) is 0.620. The Labute approximate surface area is 111 Å². The van der Waals surface area contributed by atoms with E-state index in [2.05, 4.69) is 10.3 Å². The smallest absolute Gasteiger partial charge is 0.314 e. The van der Waals surface area contributed by atoms with Crippen molar-refractivity contribution in [1.82, 2.24) is 15.2 Å². The molecule has 0 spiro atoms. The van der Waals surface area contributed by atoms with Crippen molar-refractivity contribution in [2.45, 2.75) is 13.3 Å². The van der Waals surface area contributed by atoms with Crippen molar-refractivity contribution in [2.24, 2.45) is 0 Å². The summed E-state index contributed by atoms with van der Waals surface area (Å²) < 4.78 is 36.2. The van der Waals surface area contributed by atoms with Gasteiger partial charge < -0.3 is 4.84 Å². The molecule has 0 radical (unpaired) electrons. The number of nitrogens with zero attached hydrogens (tertiary/aromatic N) is 3. The van der Waals surface area contributed by atoms with E-state index in [0.717, 1.165) is 5.56 Å². The standard InChI is InChI=1S/C12H10F3N3O2/c1-7-3-2-4-8-10(7)16-17-18(12(8)19)20-6-5-9(13)11(14)15/h2-4H,5-6H2,1H3. The quantitative estimate of drug-likeness (QED) is 0.862. The van der Waals surface area contributed by atoms with Crippen LogP contribution in [0.2, 0.25) is 0 Å². The van der Waals surface area contributed by atoms with Gasteiger partial charge in [-0.25, -0.2) is 4.39 Å². The van der Waals surface area contributed by atoms with Crippen LogP contribution in [0.25, 0.3) is 10.9 Å². The predicted octanol–water partition coefficient (Wildman–Crippen LogP) is 2.00. The summed E-state index contributed by atoms with van der Waals surface area (Å²) in [6.45, 7) is 1.32. The molecule has 1 aromatic heterocycles. The van der Waals surface area contributed by atoms with Crippen molar-refractivity contribution in [3.63, 3.8) is 0 Å². The van der Waals surface area contributed by atoms with Crippen molar-refractivity contribution >= 4 is 10.9 Å². The summed E-state index contributed by atoms with van der Waals surface area (Å²) in [6.07, 6.45) is -3.05. The second-order valence-corrected chi connectivity index (χ2v) is 3.99.